The Bertz CT molecular complexity index is 798. The van der Waals surface area contributed by atoms with Gasteiger partial charge in [0.05, 0.1) is 0 Å². The van der Waals surface area contributed by atoms with Crippen LogP contribution >= 0.6 is 0 Å². The van der Waals surface area contributed by atoms with Crippen LogP contribution in [-0.4, -0.2) is 32.3 Å². The van der Waals surface area contributed by atoms with Crippen LogP contribution in [0.4, 0.5) is 0 Å². The number of carbonyl (C=O) groups is 1. The lowest BCUT2D eigenvalue weighted by Crippen LogP contribution is -2.25. The summed E-state index contributed by atoms with van der Waals surface area (Å²) in [4.78, 5) is 16.1. The van der Waals surface area contributed by atoms with E-state index in [-0.39, 0.29) is 11.7 Å². The molecule has 0 atom stereocenters. The van der Waals surface area contributed by atoms with Crippen molar-refractivity contribution in [3.63, 3.8) is 0 Å². The molecule has 0 radical (unpaired) electrons. The lowest BCUT2D eigenvalue weighted by atomic mass is 10.0. The highest BCUT2D eigenvalue weighted by Crippen LogP contribution is 2.22. The summed E-state index contributed by atoms with van der Waals surface area (Å²) in [6.45, 7) is 1.29. The van der Waals surface area contributed by atoms with Crippen LogP contribution in [0.15, 0.2) is 61.2 Å². The van der Waals surface area contributed by atoms with Gasteiger partial charge in [-0.15, -0.1) is 0 Å². The molecule has 3 rings (SSSR count). The number of carbonyl (C=O) groups excluding carboxylic acids is 1. The summed E-state index contributed by atoms with van der Waals surface area (Å²) in [5, 5.41) is 16.3. The van der Waals surface area contributed by atoms with E-state index >= 15 is 0 Å². The van der Waals surface area contributed by atoms with E-state index in [1.807, 2.05) is 30.3 Å². The van der Waals surface area contributed by atoms with Crippen LogP contribution in [0.2, 0.25) is 0 Å². The largest absolute Gasteiger partial charge is 0.508 e. The second-order valence-corrected chi connectivity index (χ2v) is 5.40. The Labute approximate surface area is 139 Å². The fraction of sp³-hybridized carbons (Fsp3) is 0.167. The smallest absolute Gasteiger partial charge is 0.251 e. The molecule has 0 aliphatic heterocycles. The summed E-state index contributed by atoms with van der Waals surface area (Å²) in [6, 6.07) is 14.3. The minimum absolute atomic E-state index is 0.103. The lowest BCUT2D eigenvalue weighted by Gasteiger charge is -2.07. The Morgan fingerprint density at radius 3 is 2.71 bits per heavy atom. The first-order chi connectivity index (χ1) is 11.7. The van der Waals surface area contributed by atoms with Gasteiger partial charge in [0.2, 0.25) is 0 Å². The van der Waals surface area contributed by atoms with Gasteiger partial charge < -0.3 is 10.4 Å². The quantitative estimate of drug-likeness (QED) is 0.683. The molecule has 0 aliphatic rings. The average molecular weight is 322 g/mol. The summed E-state index contributed by atoms with van der Waals surface area (Å²) in [6.07, 6.45) is 3.93. The number of nitrogens with one attached hydrogen (secondary N) is 1. The SMILES string of the molecule is O=C(NCCCn1cncn1)c1cccc(-c2ccc(O)cc2)c1. The van der Waals surface area contributed by atoms with Gasteiger partial charge >= 0.3 is 0 Å². The summed E-state index contributed by atoms with van der Waals surface area (Å²) in [7, 11) is 0. The second-order valence-electron chi connectivity index (χ2n) is 5.40. The molecular weight excluding hydrogens is 304 g/mol. The summed E-state index contributed by atoms with van der Waals surface area (Å²) in [5.41, 5.74) is 2.50. The standard InChI is InChI=1S/C18H18N4O2/c23-17-7-5-14(6-8-17)15-3-1-4-16(11-15)18(24)20-9-2-10-22-13-19-12-21-22/h1,3-8,11-13,23H,2,9-10H2,(H,20,24). The number of aromatic hydroxyl groups is 1. The van der Waals surface area contributed by atoms with Crippen LogP contribution in [0.1, 0.15) is 16.8 Å². The minimum atomic E-state index is -0.103. The van der Waals surface area contributed by atoms with E-state index in [4.69, 9.17) is 0 Å². The number of rotatable bonds is 6. The van der Waals surface area contributed by atoms with E-state index in [9.17, 15) is 9.90 Å². The normalized spacial score (nSPS) is 10.5. The van der Waals surface area contributed by atoms with Crippen LogP contribution in [0.5, 0.6) is 5.75 Å². The summed E-state index contributed by atoms with van der Waals surface area (Å²) in [5.74, 6) is 0.120. The number of aryl methyl sites for hydroxylation is 1. The zero-order chi connectivity index (χ0) is 16.8. The maximum atomic E-state index is 12.3. The summed E-state index contributed by atoms with van der Waals surface area (Å²) >= 11 is 0. The van der Waals surface area contributed by atoms with Crippen LogP contribution in [0.3, 0.4) is 0 Å². The maximum Gasteiger partial charge on any atom is 0.251 e. The van der Waals surface area contributed by atoms with Gasteiger partial charge in [0.25, 0.3) is 5.91 Å². The Kier molecular flexibility index (Phi) is 4.86. The zero-order valence-corrected chi connectivity index (χ0v) is 13.1. The molecule has 6 nitrogen and oxygen atoms in total. The number of aromatic nitrogens is 3. The van der Waals surface area contributed by atoms with Crippen LogP contribution in [-0.2, 0) is 6.54 Å². The Hall–Kier alpha value is -3.15. The van der Waals surface area contributed by atoms with Gasteiger partial charge in [0.1, 0.15) is 18.4 Å². The Balaban J connectivity index is 1.58. The molecule has 0 saturated heterocycles. The van der Waals surface area contributed by atoms with Gasteiger partial charge in [0, 0.05) is 18.7 Å². The van der Waals surface area contributed by atoms with E-state index in [0.29, 0.717) is 18.7 Å². The third-order valence-corrected chi connectivity index (χ3v) is 3.64. The number of benzene rings is 2. The number of hydrogen-bond acceptors (Lipinski definition) is 4. The number of phenols is 1. The van der Waals surface area contributed by atoms with Crippen molar-refractivity contribution in [3.05, 3.63) is 66.7 Å². The highest BCUT2D eigenvalue weighted by molar-refractivity contribution is 5.95. The van der Waals surface area contributed by atoms with Crippen molar-refractivity contribution in [2.45, 2.75) is 13.0 Å². The molecule has 0 unspecified atom stereocenters. The van der Waals surface area contributed by atoms with E-state index in [1.165, 1.54) is 6.33 Å². The molecule has 6 heteroatoms. The molecule has 24 heavy (non-hydrogen) atoms. The monoisotopic (exact) mass is 322 g/mol. The number of hydrogen-bond donors (Lipinski definition) is 2. The predicted octanol–water partition coefficient (Wildman–Crippen LogP) is 2.47. The van der Waals surface area contributed by atoms with Gasteiger partial charge in [-0.05, 0) is 41.8 Å². The second kappa shape index (κ2) is 7.41. The molecule has 1 amide bonds. The molecule has 0 spiro atoms. The maximum absolute atomic E-state index is 12.3. The van der Waals surface area contributed by atoms with E-state index in [2.05, 4.69) is 15.4 Å². The molecule has 0 aliphatic carbocycles. The molecule has 2 N–H and O–H groups in total. The molecule has 0 fully saturated rings. The van der Waals surface area contributed by atoms with Crippen LogP contribution in [0.25, 0.3) is 11.1 Å². The van der Waals surface area contributed by atoms with Crippen LogP contribution < -0.4 is 5.32 Å². The van der Waals surface area contributed by atoms with E-state index < -0.39 is 0 Å². The van der Waals surface area contributed by atoms with Crippen molar-refractivity contribution >= 4 is 5.91 Å². The van der Waals surface area contributed by atoms with Gasteiger partial charge in [0.15, 0.2) is 0 Å². The molecule has 2 aromatic carbocycles. The summed E-state index contributed by atoms with van der Waals surface area (Å²) < 4.78 is 1.73. The predicted molar refractivity (Wildman–Crippen MR) is 90.5 cm³/mol. The van der Waals surface area contributed by atoms with Gasteiger partial charge in [-0.2, -0.15) is 5.10 Å². The topological polar surface area (TPSA) is 80.0 Å². The van der Waals surface area contributed by atoms with Crippen LogP contribution in [0, 0.1) is 0 Å². The van der Waals surface area contributed by atoms with Crippen molar-refractivity contribution in [1.82, 2.24) is 20.1 Å². The number of nitrogens with zero attached hydrogens (tertiary/aromatic N) is 3. The van der Waals surface area contributed by atoms with Crippen molar-refractivity contribution in [1.29, 1.82) is 0 Å². The molecule has 0 saturated carbocycles. The molecule has 1 aromatic heterocycles. The van der Waals surface area contributed by atoms with Gasteiger partial charge in [-0.3, -0.25) is 9.48 Å². The van der Waals surface area contributed by atoms with Crippen molar-refractivity contribution in [2.75, 3.05) is 6.54 Å². The van der Waals surface area contributed by atoms with Crippen molar-refractivity contribution in [2.24, 2.45) is 0 Å². The van der Waals surface area contributed by atoms with Gasteiger partial charge in [-0.25, -0.2) is 4.98 Å². The molecule has 3 aromatic rings. The first kappa shape index (κ1) is 15.7. The lowest BCUT2D eigenvalue weighted by molar-refractivity contribution is 0.0952. The highest BCUT2D eigenvalue weighted by Gasteiger charge is 2.07. The Morgan fingerprint density at radius 1 is 1.12 bits per heavy atom. The molecular formula is C18H18N4O2. The highest BCUT2D eigenvalue weighted by atomic mass is 16.3. The molecule has 122 valence electrons. The zero-order valence-electron chi connectivity index (χ0n) is 13.1. The Morgan fingerprint density at radius 2 is 1.96 bits per heavy atom. The fourth-order valence-corrected chi connectivity index (χ4v) is 2.39. The van der Waals surface area contributed by atoms with Crippen molar-refractivity contribution < 1.29 is 9.90 Å². The first-order valence-corrected chi connectivity index (χ1v) is 7.72. The van der Waals surface area contributed by atoms with Crippen molar-refractivity contribution in [3.8, 4) is 16.9 Å². The number of amides is 1. The number of phenolic OH excluding ortho intramolecular Hbond substituents is 1. The average Bonchev–Trinajstić information content (AvgIpc) is 3.13. The molecule has 0 bridgehead atoms. The van der Waals surface area contributed by atoms with E-state index in [0.717, 1.165) is 17.5 Å². The van der Waals surface area contributed by atoms with E-state index in [1.54, 1.807) is 29.2 Å². The fourth-order valence-electron chi connectivity index (χ4n) is 2.39. The van der Waals surface area contributed by atoms with Gasteiger partial charge in [-0.1, -0.05) is 24.3 Å². The first-order valence-electron chi connectivity index (χ1n) is 7.72. The minimum Gasteiger partial charge on any atom is -0.508 e. The molecule has 1 heterocycles. The third kappa shape index (κ3) is 3.98. The third-order valence-electron chi connectivity index (χ3n) is 3.64.